The third-order valence-electron chi connectivity index (χ3n) is 2.60. The van der Waals surface area contributed by atoms with Crippen LogP contribution in [0.15, 0.2) is 24.3 Å². The van der Waals surface area contributed by atoms with Crippen molar-refractivity contribution in [2.75, 3.05) is 6.54 Å². The zero-order valence-corrected chi connectivity index (χ0v) is 9.99. The van der Waals surface area contributed by atoms with Crippen LogP contribution in [-0.2, 0) is 11.2 Å². The van der Waals surface area contributed by atoms with Gasteiger partial charge < -0.3 is 11.1 Å². The van der Waals surface area contributed by atoms with Gasteiger partial charge in [-0.05, 0) is 24.5 Å². The molecule has 0 saturated carbocycles. The van der Waals surface area contributed by atoms with Gasteiger partial charge in [0, 0.05) is 6.04 Å². The van der Waals surface area contributed by atoms with E-state index in [4.69, 9.17) is 5.73 Å². The summed E-state index contributed by atoms with van der Waals surface area (Å²) in [7, 11) is 0. The molecule has 1 rings (SSSR count). The summed E-state index contributed by atoms with van der Waals surface area (Å²) in [4.78, 5) is 10.6. The lowest BCUT2D eigenvalue weighted by Gasteiger charge is -2.13. The topological polar surface area (TPSA) is 55.1 Å². The van der Waals surface area contributed by atoms with E-state index in [1.807, 2.05) is 6.92 Å². The molecule has 0 saturated heterocycles. The van der Waals surface area contributed by atoms with Crippen LogP contribution in [0.4, 0.5) is 0 Å². The summed E-state index contributed by atoms with van der Waals surface area (Å²) in [6.45, 7) is 4.42. The van der Waals surface area contributed by atoms with Crippen molar-refractivity contribution in [2.24, 2.45) is 5.73 Å². The Balaban J connectivity index is 2.55. The molecule has 0 heterocycles. The van der Waals surface area contributed by atoms with Crippen molar-refractivity contribution in [2.45, 2.75) is 32.7 Å². The first-order valence-corrected chi connectivity index (χ1v) is 5.74. The van der Waals surface area contributed by atoms with Gasteiger partial charge in [-0.3, -0.25) is 4.79 Å². The number of rotatable bonds is 6. The number of nitrogens with two attached hydrogens (primary N) is 1. The smallest absolute Gasteiger partial charge is 0.231 e. The maximum atomic E-state index is 10.6. The van der Waals surface area contributed by atoms with Gasteiger partial charge in [0.15, 0.2) is 0 Å². The van der Waals surface area contributed by atoms with Crippen LogP contribution in [0.25, 0.3) is 0 Å². The fourth-order valence-corrected chi connectivity index (χ4v) is 1.63. The van der Waals surface area contributed by atoms with Crippen LogP contribution in [0.3, 0.4) is 0 Å². The van der Waals surface area contributed by atoms with E-state index in [0.717, 1.165) is 12.8 Å². The Hall–Kier alpha value is -1.35. The maximum absolute atomic E-state index is 10.6. The van der Waals surface area contributed by atoms with Crippen LogP contribution in [0.5, 0.6) is 0 Å². The fourth-order valence-electron chi connectivity index (χ4n) is 1.63. The first kappa shape index (κ1) is 12.7. The van der Waals surface area contributed by atoms with Crippen molar-refractivity contribution in [3.05, 3.63) is 35.4 Å². The summed E-state index contributed by atoms with van der Waals surface area (Å²) in [6.07, 6.45) is 2.28. The van der Waals surface area contributed by atoms with E-state index in [9.17, 15) is 4.79 Å². The Kier molecular flexibility index (Phi) is 4.99. The minimum Gasteiger partial charge on any atom is -0.369 e. The normalized spacial score (nSPS) is 12.4. The Morgan fingerprint density at radius 1 is 1.38 bits per heavy atom. The SMILES string of the molecule is CCCc1ccc(C(C)NCC(N)=O)cc1. The summed E-state index contributed by atoms with van der Waals surface area (Å²) in [5.41, 5.74) is 7.62. The molecule has 0 aliphatic rings. The first-order valence-electron chi connectivity index (χ1n) is 5.74. The zero-order chi connectivity index (χ0) is 12.0. The molecule has 1 unspecified atom stereocenters. The Bertz CT molecular complexity index is 332. The van der Waals surface area contributed by atoms with Crippen molar-refractivity contribution < 1.29 is 4.79 Å². The Morgan fingerprint density at radius 3 is 2.50 bits per heavy atom. The third kappa shape index (κ3) is 4.03. The highest BCUT2D eigenvalue weighted by Gasteiger charge is 2.05. The predicted molar refractivity (Wildman–Crippen MR) is 66.0 cm³/mol. The highest BCUT2D eigenvalue weighted by atomic mass is 16.1. The van der Waals surface area contributed by atoms with Crippen LogP contribution in [0.2, 0.25) is 0 Å². The number of carbonyl (C=O) groups excluding carboxylic acids is 1. The molecule has 0 spiro atoms. The molecule has 0 bridgehead atoms. The lowest BCUT2D eigenvalue weighted by Crippen LogP contribution is -2.30. The van der Waals surface area contributed by atoms with E-state index in [0.29, 0.717) is 0 Å². The van der Waals surface area contributed by atoms with Gasteiger partial charge in [0.05, 0.1) is 6.54 Å². The average molecular weight is 220 g/mol. The highest BCUT2D eigenvalue weighted by molar-refractivity contribution is 5.75. The van der Waals surface area contributed by atoms with Crippen molar-refractivity contribution in [3.63, 3.8) is 0 Å². The lowest BCUT2D eigenvalue weighted by molar-refractivity contribution is -0.117. The van der Waals surface area contributed by atoms with Gasteiger partial charge in [-0.2, -0.15) is 0 Å². The van der Waals surface area contributed by atoms with E-state index in [1.165, 1.54) is 11.1 Å². The molecule has 1 aromatic rings. The van der Waals surface area contributed by atoms with Crippen LogP contribution in [-0.4, -0.2) is 12.5 Å². The largest absolute Gasteiger partial charge is 0.369 e. The highest BCUT2D eigenvalue weighted by Crippen LogP contribution is 2.13. The van der Waals surface area contributed by atoms with Crippen molar-refractivity contribution >= 4 is 5.91 Å². The number of hydrogen-bond acceptors (Lipinski definition) is 2. The molecule has 0 aliphatic heterocycles. The van der Waals surface area contributed by atoms with Gasteiger partial charge in [-0.25, -0.2) is 0 Å². The molecule has 1 atom stereocenters. The molecule has 3 nitrogen and oxygen atoms in total. The van der Waals surface area contributed by atoms with E-state index in [1.54, 1.807) is 0 Å². The maximum Gasteiger partial charge on any atom is 0.231 e. The molecule has 1 amide bonds. The quantitative estimate of drug-likeness (QED) is 0.767. The van der Waals surface area contributed by atoms with Gasteiger partial charge in [-0.1, -0.05) is 37.6 Å². The number of benzene rings is 1. The number of aryl methyl sites for hydroxylation is 1. The lowest BCUT2D eigenvalue weighted by atomic mass is 10.0. The third-order valence-corrected chi connectivity index (χ3v) is 2.60. The van der Waals surface area contributed by atoms with Crippen LogP contribution >= 0.6 is 0 Å². The van der Waals surface area contributed by atoms with Gasteiger partial charge in [-0.15, -0.1) is 0 Å². The molecule has 16 heavy (non-hydrogen) atoms. The van der Waals surface area contributed by atoms with Crippen LogP contribution in [0, 0.1) is 0 Å². The number of primary amides is 1. The number of nitrogens with one attached hydrogen (secondary N) is 1. The first-order chi connectivity index (χ1) is 7.63. The molecule has 3 heteroatoms. The average Bonchev–Trinajstić information content (AvgIpc) is 2.27. The standard InChI is InChI=1S/C13H20N2O/c1-3-4-11-5-7-12(8-6-11)10(2)15-9-13(14)16/h5-8,10,15H,3-4,9H2,1-2H3,(H2,14,16). The van der Waals surface area contributed by atoms with E-state index < -0.39 is 0 Å². The molecular formula is C13H20N2O. The molecule has 3 N–H and O–H groups in total. The van der Waals surface area contributed by atoms with Gasteiger partial charge in [0.25, 0.3) is 0 Å². The second-order valence-corrected chi connectivity index (χ2v) is 4.06. The Labute approximate surface area is 97.0 Å². The predicted octanol–water partition coefficient (Wildman–Crippen LogP) is 1.77. The van der Waals surface area contributed by atoms with Gasteiger partial charge >= 0.3 is 0 Å². The molecular weight excluding hydrogens is 200 g/mol. The second-order valence-electron chi connectivity index (χ2n) is 4.06. The molecule has 1 aromatic carbocycles. The van der Waals surface area contributed by atoms with Gasteiger partial charge in [0.1, 0.15) is 0 Å². The molecule has 0 aliphatic carbocycles. The number of hydrogen-bond donors (Lipinski definition) is 2. The zero-order valence-electron chi connectivity index (χ0n) is 9.99. The minimum absolute atomic E-state index is 0.156. The second kappa shape index (κ2) is 6.28. The Morgan fingerprint density at radius 2 is 2.00 bits per heavy atom. The van der Waals surface area contributed by atoms with Crippen LogP contribution < -0.4 is 11.1 Å². The summed E-state index contributed by atoms with van der Waals surface area (Å²) in [5.74, 6) is -0.325. The molecule has 0 fully saturated rings. The molecule has 0 aromatic heterocycles. The summed E-state index contributed by atoms with van der Waals surface area (Å²) in [5, 5.41) is 3.08. The molecule has 0 radical (unpaired) electrons. The van der Waals surface area contributed by atoms with Crippen molar-refractivity contribution in [3.8, 4) is 0 Å². The van der Waals surface area contributed by atoms with Crippen molar-refractivity contribution in [1.29, 1.82) is 0 Å². The van der Waals surface area contributed by atoms with Crippen molar-refractivity contribution in [1.82, 2.24) is 5.32 Å². The molecule has 88 valence electrons. The fraction of sp³-hybridized carbons (Fsp3) is 0.462. The summed E-state index contributed by atoms with van der Waals surface area (Å²) < 4.78 is 0. The van der Waals surface area contributed by atoms with Gasteiger partial charge in [0.2, 0.25) is 5.91 Å². The minimum atomic E-state index is -0.325. The monoisotopic (exact) mass is 220 g/mol. The number of amides is 1. The van der Waals surface area contributed by atoms with Crippen LogP contribution in [0.1, 0.15) is 37.4 Å². The number of carbonyl (C=O) groups is 1. The summed E-state index contributed by atoms with van der Waals surface area (Å²) in [6, 6.07) is 8.64. The van der Waals surface area contributed by atoms with E-state index in [2.05, 4.69) is 36.5 Å². The van der Waals surface area contributed by atoms with E-state index in [-0.39, 0.29) is 18.5 Å². The van der Waals surface area contributed by atoms with E-state index >= 15 is 0 Å². The summed E-state index contributed by atoms with van der Waals surface area (Å²) >= 11 is 0.